The fourth-order valence-corrected chi connectivity index (χ4v) is 4.42. The van der Waals surface area contributed by atoms with E-state index >= 15 is 0 Å². The zero-order valence-electron chi connectivity index (χ0n) is 17.3. The minimum Gasteiger partial charge on any atom is -0.458 e. The fraction of sp³-hybridized carbons (Fsp3) is 0.261. The highest BCUT2D eigenvalue weighted by molar-refractivity contribution is 5.92. The number of carbonyl (C=O) groups excluding carboxylic acids is 2. The molecular weight excluding hydrogens is 414 g/mol. The minimum absolute atomic E-state index is 0.0438. The molecule has 5 rings (SSSR count). The Morgan fingerprint density at radius 3 is 2.81 bits per heavy atom. The number of esters is 2. The Kier molecular flexibility index (Phi) is 4.19. The summed E-state index contributed by atoms with van der Waals surface area (Å²) in [5.74, 6) is -0.992. The molecule has 0 bridgehead atoms. The molecule has 2 aliphatic heterocycles. The second-order valence-electron chi connectivity index (χ2n) is 7.80. The second kappa shape index (κ2) is 6.73. The normalized spacial score (nSPS) is 18.4. The number of pyridine rings is 2. The van der Waals surface area contributed by atoms with Gasteiger partial charge in [-0.15, -0.1) is 0 Å². The van der Waals surface area contributed by atoms with Crippen molar-refractivity contribution >= 4 is 22.8 Å². The molecule has 0 amide bonds. The van der Waals surface area contributed by atoms with Crippen LogP contribution in [0.3, 0.4) is 0 Å². The third-order valence-corrected chi connectivity index (χ3v) is 6.03. The van der Waals surface area contributed by atoms with Crippen molar-refractivity contribution in [1.82, 2.24) is 9.55 Å². The topological polar surface area (TPSA) is 132 Å². The number of ether oxygens (including phenoxy) is 2. The molecule has 9 nitrogen and oxygen atoms in total. The van der Waals surface area contributed by atoms with Crippen LogP contribution < -0.4 is 10.3 Å². The Labute approximate surface area is 181 Å². The quantitative estimate of drug-likeness (QED) is 0.376. The number of aromatic nitrogens is 2. The van der Waals surface area contributed by atoms with Crippen molar-refractivity contribution in [3.05, 3.63) is 56.9 Å². The van der Waals surface area contributed by atoms with Crippen LogP contribution in [0.15, 0.2) is 29.1 Å². The van der Waals surface area contributed by atoms with Gasteiger partial charge in [-0.3, -0.25) is 9.59 Å². The van der Waals surface area contributed by atoms with Crippen molar-refractivity contribution < 1.29 is 24.2 Å². The number of benzene rings is 1. The van der Waals surface area contributed by atoms with Gasteiger partial charge in [-0.2, -0.15) is 5.26 Å². The summed E-state index contributed by atoms with van der Waals surface area (Å²) in [5, 5.41) is 21.4. The number of hydrogen-bond donors (Lipinski definition) is 1. The van der Waals surface area contributed by atoms with E-state index < -0.39 is 23.1 Å². The van der Waals surface area contributed by atoms with Crippen LogP contribution in [0.5, 0.6) is 5.75 Å². The molecule has 1 aromatic carbocycles. The van der Waals surface area contributed by atoms with Gasteiger partial charge in [0.05, 0.1) is 34.6 Å². The lowest BCUT2D eigenvalue weighted by Crippen LogP contribution is -2.44. The van der Waals surface area contributed by atoms with Crippen LogP contribution in [0.2, 0.25) is 0 Å². The molecule has 1 atom stereocenters. The van der Waals surface area contributed by atoms with Crippen LogP contribution in [-0.4, -0.2) is 26.6 Å². The number of carbonyl (C=O) groups is 2. The Morgan fingerprint density at radius 1 is 1.34 bits per heavy atom. The van der Waals surface area contributed by atoms with Crippen molar-refractivity contribution in [2.45, 2.75) is 39.0 Å². The molecule has 9 heteroatoms. The summed E-state index contributed by atoms with van der Waals surface area (Å²) in [6, 6.07) is 8.56. The first kappa shape index (κ1) is 19.9. The first-order valence-corrected chi connectivity index (χ1v) is 10.0. The number of fused-ring (bicyclic) bond motifs is 5. The monoisotopic (exact) mass is 431 g/mol. The molecule has 0 radical (unpaired) electrons. The average Bonchev–Trinajstić information content (AvgIpc) is 3.13. The molecule has 0 spiro atoms. The summed E-state index contributed by atoms with van der Waals surface area (Å²) in [4.78, 5) is 41.5. The number of nitrogens with zero attached hydrogens (tertiary/aromatic N) is 3. The minimum atomic E-state index is -1.92. The Hall–Kier alpha value is -4.03. The summed E-state index contributed by atoms with van der Waals surface area (Å²) in [6.07, 6.45) is 0.0438. The van der Waals surface area contributed by atoms with E-state index in [0.717, 1.165) is 0 Å². The fourth-order valence-electron chi connectivity index (χ4n) is 4.42. The highest BCUT2D eigenvalue weighted by Gasteiger charge is 2.45. The van der Waals surface area contributed by atoms with Gasteiger partial charge in [-0.05, 0) is 30.7 Å². The summed E-state index contributed by atoms with van der Waals surface area (Å²) in [5.41, 5.74) is 0.322. The largest absolute Gasteiger partial charge is 0.458 e. The van der Waals surface area contributed by atoms with Crippen molar-refractivity contribution in [2.75, 3.05) is 0 Å². The first-order chi connectivity index (χ1) is 15.3. The van der Waals surface area contributed by atoms with Crippen molar-refractivity contribution in [1.29, 1.82) is 5.26 Å². The molecule has 1 N–H and O–H groups in total. The third-order valence-electron chi connectivity index (χ3n) is 6.03. The number of aliphatic hydroxyl groups is 1. The number of nitriles is 1. The number of cyclic esters (lactones) is 1. The van der Waals surface area contributed by atoms with Crippen LogP contribution in [0, 0.1) is 11.3 Å². The van der Waals surface area contributed by atoms with Gasteiger partial charge in [0.1, 0.15) is 18.4 Å². The predicted molar refractivity (Wildman–Crippen MR) is 111 cm³/mol. The van der Waals surface area contributed by atoms with Gasteiger partial charge >= 0.3 is 11.9 Å². The van der Waals surface area contributed by atoms with Crippen LogP contribution in [0.1, 0.15) is 42.5 Å². The third kappa shape index (κ3) is 2.60. The Morgan fingerprint density at radius 2 is 2.12 bits per heavy atom. The van der Waals surface area contributed by atoms with Crippen molar-refractivity contribution in [2.24, 2.45) is 0 Å². The summed E-state index contributed by atoms with van der Waals surface area (Å²) in [7, 11) is 0. The van der Waals surface area contributed by atoms with E-state index in [1.54, 1.807) is 31.2 Å². The van der Waals surface area contributed by atoms with E-state index in [-0.39, 0.29) is 36.4 Å². The van der Waals surface area contributed by atoms with E-state index in [1.165, 1.54) is 11.5 Å². The van der Waals surface area contributed by atoms with E-state index in [2.05, 4.69) is 11.1 Å². The van der Waals surface area contributed by atoms with Gasteiger partial charge < -0.3 is 19.1 Å². The molecule has 2 aliphatic rings. The van der Waals surface area contributed by atoms with E-state index in [1.807, 2.05) is 0 Å². The lowest BCUT2D eigenvalue weighted by Gasteiger charge is -2.31. The second-order valence-corrected chi connectivity index (χ2v) is 7.80. The zero-order chi connectivity index (χ0) is 22.8. The van der Waals surface area contributed by atoms with E-state index in [9.17, 15) is 24.8 Å². The van der Waals surface area contributed by atoms with Gasteiger partial charge in [0, 0.05) is 23.4 Å². The van der Waals surface area contributed by atoms with Gasteiger partial charge in [0.25, 0.3) is 5.56 Å². The SMILES string of the molecule is CC[C@@]1(O)C(=O)OCc2c1cc1n(c2=O)Cc2c-1nc1ccc(OC(C)=O)cc1c2C#N. The predicted octanol–water partition coefficient (Wildman–Crippen LogP) is 1.88. The van der Waals surface area contributed by atoms with Crippen LogP contribution >= 0.6 is 0 Å². The lowest BCUT2D eigenvalue weighted by atomic mass is 9.86. The molecule has 4 heterocycles. The molecule has 3 aromatic rings. The lowest BCUT2D eigenvalue weighted by molar-refractivity contribution is -0.172. The molecular formula is C23H17N3O6. The maximum Gasteiger partial charge on any atom is 0.343 e. The highest BCUT2D eigenvalue weighted by Crippen LogP contribution is 2.40. The van der Waals surface area contributed by atoms with Gasteiger partial charge in [-0.25, -0.2) is 9.78 Å². The maximum atomic E-state index is 13.2. The summed E-state index contributed by atoms with van der Waals surface area (Å²) < 4.78 is 11.7. The van der Waals surface area contributed by atoms with Crippen LogP contribution in [-0.2, 0) is 33.1 Å². The standard InChI is InChI=1S/C23H17N3O6/c1-3-23(30)17-7-19-20-15(9-26(19)21(28)16(17)10-31-22(23)29)14(8-24)13-6-12(32-11(2)27)4-5-18(13)25-20/h4-7,30H,3,9-10H2,1-2H3/t23-/m0/s1. The Balaban J connectivity index is 1.78. The van der Waals surface area contributed by atoms with Crippen LogP contribution in [0.4, 0.5) is 0 Å². The van der Waals surface area contributed by atoms with Crippen molar-refractivity contribution in [3.8, 4) is 23.2 Å². The molecule has 160 valence electrons. The average molecular weight is 431 g/mol. The molecule has 2 aromatic heterocycles. The van der Waals surface area contributed by atoms with Gasteiger partial charge in [0.2, 0.25) is 0 Å². The summed E-state index contributed by atoms with van der Waals surface area (Å²) in [6.45, 7) is 2.81. The molecule has 0 saturated heterocycles. The highest BCUT2D eigenvalue weighted by atomic mass is 16.6. The zero-order valence-corrected chi connectivity index (χ0v) is 17.3. The van der Waals surface area contributed by atoms with Crippen LogP contribution in [0.25, 0.3) is 22.3 Å². The smallest absolute Gasteiger partial charge is 0.343 e. The Bertz CT molecular complexity index is 1470. The van der Waals surface area contributed by atoms with E-state index in [4.69, 9.17) is 9.47 Å². The van der Waals surface area contributed by atoms with Crippen molar-refractivity contribution in [3.63, 3.8) is 0 Å². The van der Waals surface area contributed by atoms with E-state index in [0.29, 0.717) is 33.4 Å². The van der Waals surface area contributed by atoms with Gasteiger partial charge in [0.15, 0.2) is 5.60 Å². The van der Waals surface area contributed by atoms with Gasteiger partial charge in [-0.1, -0.05) is 6.92 Å². The molecule has 32 heavy (non-hydrogen) atoms. The molecule has 0 aliphatic carbocycles. The summed E-state index contributed by atoms with van der Waals surface area (Å²) >= 11 is 0. The maximum absolute atomic E-state index is 13.2. The molecule has 0 unspecified atom stereocenters. The molecule has 0 fully saturated rings. The first-order valence-electron chi connectivity index (χ1n) is 10.0. The molecule has 0 saturated carbocycles. The number of hydrogen-bond acceptors (Lipinski definition) is 8. The number of rotatable bonds is 2.